The van der Waals surface area contributed by atoms with Gasteiger partial charge in [-0.1, -0.05) is 18.7 Å². The van der Waals surface area contributed by atoms with E-state index in [0.29, 0.717) is 48.6 Å². The largest absolute Gasteiger partial charge is 0.455 e. The fourth-order valence-corrected chi connectivity index (χ4v) is 4.11. The van der Waals surface area contributed by atoms with Crippen LogP contribution in [0.2, 0.25) is 0 Å². The van der Waals surface area contributed by atoms with Crippen molar-refractivity contribution in [1.29, 1.82) is 0 Å². The van der Waals surface area contributed by atoms with E-state index in [4.69, 9.17) is 4.42 Å². The molecule has 0 unspecified atom stereocenters. The van der Waals surface area contributed by atoms with Gasteiger partial charge in [-0.05, 0) is 25.5 Å². The minimum Gasteiger partial charge on any atom is -0.455 e. The second-order valence-corrected chi connectivity index (χ2v) is 8.37. The number of carbonyl (C=O) groups is 2. The van der Waals surface area contributed by atoms with Crippen molar-refractivity contribution in [3.05, 3.63) is 35.4 Å². The van der Waals surface area contributed by atoms with Crippen LogP contribution in [0.15, 0.2) is 27.8 Å². The van der Waals surface area contributed by atoms with Crippen LogP contribution in [0, 0.1) is 6.92 Å². The standard InChI is InChI=1S/C21H29N5O3S/c1-5-8-24(4)19-13-15(2)22-21(23-19)30-14-17-6-7-18(29-17)20(28)26-11-9-25(10-12-26)16(3)27/h6-7,13H,5,8-12,14H2,1-4H3. The Morgan fingerprint density at radius 1 is 1.17 bits per heavy atom. The molecule has 0 aliphatic carbocycles. The molecule has 9 heteroatoms. The van der Waals surface area contributed by atoms with Gasteiger partial charge in [0, 0.05) is 58.5 Å². The molecule has 0 radical (unpaired) electrons. The van der Waals surface area contributed by atoms with Gasteiger partial charge in [-0.2, -0.15) is 0 Å². The monoisotopic (exact) mass is 431 g/mol. The lowest BCUT2D eigenvalue weighted by Gasteiger charge is -2.33. The molecule has 1 aliphatic heterocycles. The van der Waals surface area contributed by atoms with E-state index < -0.39 is 0 Å². The Morgan fingerprint density at radius 2 is 1.87 bits per heavy atom. The van der Waals surface area contributed by atoms with Crippen molar-refractivity contribution >= 4 is 29.4 Å². The molecule has 0 saturated carbocycles. The van der Waals surface area contributed by atoms with Gasteiger partial charge in [0.05, 0.1) is 5.75 Å². The van der Waals surface area contributed by atoms with Crippen molar-refractivity contribution in [2.75, 3.05) is 44.7 Å². The fraction of sp³-hybridized carbons (Fsp3) is 0.524. The van der Waals surface area contributed by atoms with E-state index in [2.05, 4.69) is 21.8 Å². The third kappa shape index (κ3) is 5.53. The number of furan rings is 1. The number of thioether (sulfide) groups is 1. The Labute approximate surface area is 181 Å². The Hall–Kier alpha value is -2.55. The quantitative estimate of drug-likeness (QED) is 0.492. The minimum absolute atomic E-state index is 0.0434. The molecule has 0 spiro atoms. The highest BCUT2D eigenvalue weighted by atomic mass is 32.2. The molecule has 2 amide bonds. The normalized spacial score (nSPS) is 14.1. The first kappa shape index (κ1) is 22.1. The van der Waals surface area contributed by atoms with E-state index in [1.807, 2.05) is 26.1 Å². The maximum Gasteiger partial charge on any atom is 0.289 e. The van der Waals surface area contributed by atoms with Crippen molar-refractivity contribution in [3.8, 4) is 0 Å². The highest BCUT2D eigenvalue weighted by Gasteiger charge is 2.25. The van der Waals surface area contributed by atoms with Gasteiger partial charge >= 0.3 is 0 Å². The summed E-state index contributed by atoms with van der Waals surface area (Å²) in [6, 6.07) is 5.52. The van der Waals surface area contributed by atoms with Crippen LogP contribution < -0.4 is 4.90 Å². The van der Waals surface area contributed by atoms with Crippen LogP contribution >= 0.6 is 11.8 Å². The molecule has 0 N–H and O–H groups in total. The third-order valence-corrected chi connectivity index (χ3v) is 5.87. The maximum absolute atomic E-state index is 12.7. The van der Waals surface area contributed by atoms with Gasteiger partial charge < -0.3 is 19.1 Å². The number of hydrogen-bond acceptors (Lipinski definition) is 7. The van der Waals surface area contributed by atoms with Gasteiger partial charge in [0.1, 0.15) is 11.6 Å². The molecule has 0 atom stereocenters. The SMILES string of the molecule is CCCN(C)c1cc(C)nc(SCc2ccc(C(=O)N3CCN(C(C)=O)CC3)o2)n1. The number of anilines is 1. The topological polar surface area (TPSA) is 82.8 Å². The minimum atomic E-state index is -0.135. The number of aromatic nitrogens is 2. The van der Waals surface area contributed by atoms with Crippen LogP contribution in [0.25, 0.3) is 0 Å². The van der Waals surface area contributed by atoms with Crippen LogP contribution in [-0.2, 0) is 10.5 Å². The van der Waals surface area contributed by atoms with Crippen molar-refractivity contribution < 1.29 is 14.0 Å². The first-order valence-electron chi connectivity index (χ1n) is 10.2. The molecule has 0 bridgehead atoms. The van der Waals surface area contributed by atoms with E-state index in [0.717, 1.165) is 24.5 Å². The summed E-state index contributed by atoms with van der Waals surface area (Å²) in [5, 5.41) is 0.692. The molecule has 30 heavy (non-hydrogen) atoms. The molecular weight excluding hydrogens is 402 g/mol. The van der Waals surface area contributed by atoms with Crippen LogP contribution in [0.3, 0.4) is 0 Å². The molecule has 2 aromatic heterocycles. The Morgan fingerprint density at radius 3 is 2.53 bits per heavy atom. The average molecular weight is 432 g/mol. The Bertz CT molecular complexity index is 893. The summed E-state index contributed by atoms with van der Waals surface area (Å²) in [6.07, 6.45) is 1.05. The number of aryl methyl sites for hydroxylation is 1. The van der Waals surface area contributed by atoms with Gasteiger partial charge in [0.15, 0.2) is 10.9 Å². The van der Waals surface area contributed by atoms with Gasteiger partial charge in [-0.15, -0.1) is 0 Å². The zero-order valence-corrected chi connectivity index (χ0v) is 18.9. The van der Waals surface area contributed by atoms with Crippen molar-refractivity contribution in [2.24, 2.45) is 0 Å². The predicted octanol–water partition coefficient (Wildman–Crippen LogP) is 2.82. The number of piperazine rings is 1. The molecule has 2 aromatic rings. The zero-order valence-electron chi connectivity index (χ0n) is 18.1. The van der Waals surface area contributed by atoms with Gasteiger partial charge in [0.25, 0.3) is 5.91 Å². The van der Waals surface area contributed by atoms with E-state index in [1.165, 1.54) is 11.8 Å². The highest BCUT2D eigenvalue weighted by molar-refractivity contribution is 7.98. The Balaban J connectivity index is 1.58. The van der Waals surface area contributed by atoms with Crippen LogP contribution in [0.5, 0.6) is 0 Å². The number of hydrogen-bond donors (Lipinski definition) is 0. The molecule has 162 valence electrons. The molecule has 1 fully saturated rings. The lowest BCUT2D eigenvalue weighted by molar-refractivity contribution is -0.130. The van der Waals surface area contributed by atoms with Crippen LogP contribution in [0.1, 0.15) is 42.3 Å². The summed E-state index contributed by atoms with van der Waals surface area (Å²) in [4.78, 5) is 38.9. The fourth-order valence-electron chi connectivity index (χ4n) is 3.32. The van der Waals surface area contributed by atoms with Gasteiger partial charge in [-0.25, -0.2) is 9.97 Å². The van der Waals surface area contributed by atoms with E-state index in [-0.39, 0.29) is 11.8 Å². The first-order chi connectivity index (χ1) is 14.4. The maximum atomic E-state index is 12.7. The Kier molecular flexibility index (Phi) is 7.36. The van der Waals surface area contributed by atoms with Gasteiger partial charge in [-0.3, -0.25) is 9.59 Å². The number of amides is 2. The van der Waals surface area contributed by atoms with E-state index in [9.17, 15) is 9.59 Å². The average Bonchev–Trinajstić information content (AvgIpc) is 3.20. The summed E-state index contributed by atoms with van der Waals surface area (Å²) in [7, 11) is 2.03. The summed E-state index contributed by atoms with van der Waals surface area (Å²) >= 11 is 1.49. The summed E-state index contributed by atoms with van der Waals surface area (Å²) < 4.78 is 5.78. The molecular formula is C21H29N5O3S. The van der Waals surface area contributed by atoms with Crippen molar-refractivity contribution in [1.82, 2.24) is 19.8 Å². The van der Waals surface area contributed by atoms with Crippen molar-refractivity contribution in [3.63, 3.8) is 0 Å². The van der Waals surface area contributed by atoms with E-state index >= 15 is 0 Å². The second-order valence-electron chi connectivity index (χ2n) is 7.42. The summed E-state index contributed by atoms with van der Waals surface area (Å²) in [5.74, 6) is 2.40. The van der Waals surface area contributed by atoms with Crippen LogP contribution in [0.4, 0.5) is 5.82 Å². The highest BCUT2D eigenvalue weighted by Crippen LogP contribution is 2.24. The molecule has 1 aliphatic rings. The molecule has 0 aromatic carbocycles. The zero-order chi connectivity index (χ0) is 21.7. The smallest absolute Gasteiger partial charge is 0.289 e. The number of nitrogens with zero attached hydrogens (tertiary/aromatic N) is 5. The van der Waals surface area contributed by atoms with Crippen LogP contribution in [-0.4, -0.2) is 71.4 Å². The molecule has 3 rings (SSSR count). The summed E-state index contributed by atoms with van der Waals surface area (Å²) in [5.41, 5.74) is 0.922. The molecule has 3 heterocycles. The van der Waals surface area contributed by atoms with E-state index in [1.54, 1.807) is 22.8 Å². The third-order valence-electron chi connectivity index (χ3n) is 5.00. The molecule has 8 nitrogen and oxygen atoms in total. The summed E-state index contributed by atoms with van der Waals surface area (Å²) in [6.45, 7) is 8.75. The second kappa shape index (κ2) is 9.97. The first-order valence-corrected chi connectivity index (χ1v) is 11.2. The van der Waals surface area contributed by atoms with Crippen molar-refractivity contribution in [2.45, 2.75) is 38.1 Å². The molecule has 1 saturated heterocycles. The predicted molar refractivity (Wildman–Crippen MR) is 117 cm³/mol. The van der Waals surface area contributed by atoms with Gasteiger partial charge in [0.2, 0.25) is 5.91 Å². The lowest BCUT2D eigenvalue weighted by atomic mass is 10.3. The lowest BCUT2D eigenvalue weighted by Crippen LogP contribution is -2.50. The number of carbonyl (C=O) groups excluding carboxylic acids is 2. The number of rotatable bonds is 7.